The molecule has 1 aromatic rings. The first kappa shape index (κ1) is 20.4. The number of piperazine rings is 1. The third kappa shape index (κ3) is 6.10. The van der Waals surface area contributed by atoms with E-state index in [9.17, 15) is 4.79 Å². The fourth-order valence-electron chi connectivity index (χ4n) is 2.44. The quantitative estimate of drug-likeness (QED) is 0.393. The molecule has 0 spiro atoms. The van der Waals surface area contributed by atoms with Crippen LogP contribution >= 0.6 is 24.0 Å². The lowest BCUT2D eigenvalue weighted by molar-refractivity contribution is -0.120. The second-order valence-electron chi connectivity index (χ2n) is 5.65. The lowest BCUT2D eigenvalue weighted by Crippen LogP contribution is -2.54. The van der Waals surface area contributed by atoms with E-state index < -0.39 is 0 Å². The highest BCUT2D eigenvalue weighted by Crippen LogP contribution is 2.09. The summed E-state index contributed by atoms with van der Waals surface area (Å²) in [5.41, 5.74) is 0. The van der Waals surface area contributed by atoms with Crippen LogP contribution in [0, 0.1) is 0 Å². The van der Waals surface area contributed by atoms with Gasteiger partial charge in [-0.15, -0.1) is 24.0 Å². The van der Waals surface area contributed by atoms with Crippen LogP contribution < -0.4 is 15.5 Å². The highest BCUT2D eigenvalue weighted by Gasteiger charge is 2.21. The number of anilines is 1. The molecule has 2 rings (SSSR count). The number of guanidine groups is 1. The number of hydrogen-bond donors (Lipinski definition) is 2. The van der Waals surface area contributed by atoms with Gasteiger partial charge in [-0.05, 0) is 19.9 Å². The number of aliphatic imine (C=N–C) groups is 1. The second kappa shape index (κ2) is 10.3. The van der Waals surface area contributed by atoms with Gasteiger partial charge in [0.15, 0.2) is 5.96 Å². The normalized spacial score (nSPS) is 15.1. The summed E-state index contributed by atoms with van der Waals surface area (Å²) in [6.45, 7) is 7.38. The molecule has 8 nitrogen and oxygen atoms in total. The number of halogens is 1. The topological polar surface area (TPSA) is 85.8 Å². The van der Waals surface area contributed by atoms with E-state index in [1.165, 1.54) is 0 Å². The van der Waals surface area contributed by atoms with Crippen LogP contribution in [0.25, 0.3) is 0 Å². The van der Waals surface area contributed by atoms with Gasteiger partial charge in [0.05, 0.1) is 6.54 Å². The molecule has 1 amide bonds. The first-order valence-corrected chi connectivity index (χ1v) is 7.87. The van der Waals surface area contributed by atoms with Gasteiger partial charge in [-0.1, -0.05) is 0 Å². The van der Waals surface area contributed by atoms with Crippen molar-refractivity contribution >= 4 is 41.8 Å². The summed E-state index contributed by atoms with van der Waals surface area (Å²) in [5, 5.41) is 5.97. The Morgan fingerprint density at radius 1 is 1.25 bits per heavy atom. The van der Waals surface area contributed by atoms with Crippen molar-refractivity contribution in [1.82, 2.24) is 25.5 Å². The molecule has 9 heteroatoms. The van der Waals surface area contributed by atoms with E-state index in [0.29, 0.717) is 0 Å². The molecule has 0 bridgehead atoms. The molecule has 0 aliphatic carbocycles. The number of carbonyl (C=O) groups excluding carboxylic acids is 1. The first-order valence-electron chi connectivity index (χ1n) is 7.87. The van der Waals surface area contributed by atoms with E-state index in [-0.39, 0.29) is 42.5 Å². The Bertz CT molecular complexity index is 530. The number of amides is 1. The number of rotatable bonds is 4. The minimum Gasteiger partial charge on any atom is -0.352 e. The minimum absolute atomic E-state index is 0. The summed E-state index contributed by atoms with van der Waals surface area (Å²) in [7, 11) is 1.73. The van der Waals surface area contributed by atoms with Gasteiger partial charge in [-0.25, -0.2) is 9.97 Å². The fourth-order valence-corrected chi connectivity index (χ4v) is 2.44. The molecule has 1 aliphatic heterocycles. The van der Waals surface area contributed by atoms with Crippen molar-refractivity contribution in [2.24, 2.45) is 4.99 Å². The largest absolute Gasteiger partial charge is 0.352 e. The predicted octanol–water partition coefficient (Wildman–Crippen LogP) is 0.317. The van der Waals surface area contributed by atoms with Gasteiger partial charge in [-0.3, -0.25) is 9.79 Å². The maximum absolute atomic E-state index is 11.7. The molecule has 0 aromatic carbocycles. The molecule has 1 saturated heterocycles. The molecule has 0 saturated carbocycles. The molecular formula is C15H26IN7O. The molecule has 0 radical (unpaired) electrons. The Hall–Kier alpha value is -1.65. The van der Waals surface area contributed by atoms with Gasteiger partial charge in [0.2, 0.25) is 11.9 Å². The lowest BCUT2D eigenvalue weighted by Gasteiger charge is -2.36. The van der Waals surface area contributed by atoms with Crippen LogP contribution in [0.3, 0.4) is 0 Å². The van der Waals surface area contributed by atoms with Crippen LogP contribution in [0.2, 0.25) is 0 Å². The summed E-state index contributed by atoms with van der Waals surface area (Å²) in [6.07, 6.45) is 3.51. The van der Waals surface area contributed by atoms with Crippen molar-refractivity contribution in [2.75, 3.05) is 44.7 Å². The Morgan fingerprint density at radius 2 is 1.88 bits per heavy atom. The van der Waals surface area contributed by atoms with Crippen molar-refractivity contribution in [1.29, 1.82) is 0 Å². The summed E-state index contributed by atoms with van der Waals surface area (Å²) < 4.78 is 0. The number of carbonyl (C=O) groups is 1. The van der Waals surface area contributed by atoms with Crippen LogP contribution in [0.15, 0.2) is 23.5 Å². The predicted molar refractivity (Wildman–Crippen MR) is 106 cm³/mol. The van der Waals surface area contributed by atoms with Crippen LogP contribution in [0.1, 0.15) is 13.8 Å². The Balaban J connectivity index is 0.00000288. The monoisotopic (exact) mass is 447 g/mol. The van der Waals surface area contributed by atoms with Crippen LogP contribution in [0.4, 0.5) is 5.95 Å². The molecule has 2 heterocycles. The zero-order chi connectivity index (χ0) is 16.7. The number of aromatic nitrogens is 2. The third-order valence-electron chi connectivity index (χ3n) is 3.48. The van der Waals surface area contributed by atoms with Crippen molar-refractivity contribution in [3.8, 4) is 0 Å². The van der Waals surface area contributed by atoms with Gasteiger partial charge >= 0.3 is 0 Å². The maximum Gasteiger partial charge on any atom is 0.239 e. The SMILES string of the molecule is CN=C(NCC(=O)NC(C)C)N1CCN(c2ncccn2)CC1.I. The highest BCUT2D eigenvalue weighted by atomic mass is 127. The summed E-state index contributed by atoms with van der Waals surface area (Å²) in [6, 6.07) is 1.95. The zero-order valence-corrected chi connectivity index (χ0v) is 16.7. The number of nitrogens with zero attached hydrogens (tertiary/aromatic N) is 5. The average Bonchev–Trinajstić information content (AvgIpc) is 2.56. The van der Waals surface area contributed by atoms with Crippen molar-refractivity contribution in [3.05, 3.63) is 18.5 Å². The fraction of sp³-hybridized carbons (Fsp3) is 0.600. The Labute approximate surface area is 160 Å². The van der Waals surface area contributed by atoms with Crippen molar-refractivity contribution < 1.29 is 4.79 Å². The van der Waals surface area contributed by atoms with E-state index in [1.807, 2.05) is 19.9 Å². The second-order valence-corrected chi connectivity index (χ2v) is 5.65. The van der Waals surface area contributed by atoms with Gasteiger partial charge in [0, 0.05) is 51.7 Å². The molecule has 1 aliphatic rings. The molecule has 0 atom stereocenters. The molecule has 1 fully saturated rings. The van der Waals surface area contributed by atoms with Crippen LogP contribution in [-0.4, -0.2) is 72.5 Å². The standard InChI is InChI=1S/C15H25N7O.HI/c1-12(2)20-13(23)11-19-14(16-3)21-7-9-22(10-8-21)15-17-5-4-6-18-15;/h4-6,12H,7-11H2,1-3H3,(H,16,19)(H,20,23);1H. The molecule has 1 aromatic heterocycles. The molecular weight excluding hydrogens is 421 g/mol. The van der Waals surface area contributed by atoms with Crippen LogP contribution in [0.5, 0.6) is 0 Å². The molecule has 134 valence electrons. The van der Waals surface area contributed by atoms with E-state index >= 15 is 0 Å². The van der Waals surface area contributed by atoms with E-state index in [4.69, 9.17) is 0 Å². The third-order valence-corrected chi connectivity index (χ3v) is 3.48. The maximum atomic E-state index is 11.7. The highest BCUT2D eigenvalue weighted by molar-refractivity contribution is 14.0. The Morgan fingerprint density at radius 3 is 2.42 bits per heavy atom. The molecule has 24 heavy (non-hydrogen) atoms. The average molecular weight is 447 g/mol. The van der Waals surface area contributed by atoms with E-state index in [1.54, 1.807) is 19.4 Å². The first-order chi connectivity index (χ1) is 11.1. The summed E-state index contributed by atoms with van der Waals surface area (Å²) in [4.78, 5) is 28.8. The van der Waals surface area contributed by atoms with Gasteiger partial charge in [0.1, 0.15) is 0 Å². The summed E-state index contributed by atoms with van der Waals surface area (Å²) in [5.74, 6) is 1.47. The van der Waals surface area contributed by atoms with Gasteiger partial charge in [-0.2, -0.15) is 0 Å². The van der Waals surface area contributed by atoms with Crippen molar-refractivity contribution in [2.45, 2.75) is 19.9 Å². The number of nitrogens with one attached hydrogen (secondary N) is 2. The van der Waals surface area contributed by atoms with E-state index in [0.717, 1.165) is 38.1 Å². The number of hydrogen-bond acceptors (Lipinski definition) is 5. The molecule has 2 N–H and O–H groups in total. The Kier molecular flexibility index (Phi) is 8.72. The molecule has 0 unspecified atom stereocenters. The van der Waals surface area contributed by atoms with Crippen molar-refractivity contribution in [3.63, 3.8) is 0 Å². The van der Waals surface area contributed by atoms with Gasteiger partial charge in [0.25, 0.3) is 0 Å². The lowest BCUT2D eigenvalue weighted by atomic mass is 10.3. The minimum atomic E-state index is -0.0301. The summed E-state index contributed by atoms with van der Waals surface area (Å²) >= 11 is 0. The van der Waals surface area contributed by atoms with Crippen LogP contribution in [-0.2, 0) is 4.79 Å². The van der Waals surface area contributed by atoms with Gasteiger partial charge < -0.3 is 20.4 Å². The smallest absolute Gasteiger partial charge is 0.239 e. The van der Waals surface area contributed by atoms with E-state index in [2.05, 4.69) is 35.4 Å². The zero-order valence-electron chi connectivity index (χ0n) is 14.4.